The lowest BCUT2D eigenvalue weighted by Gasteiger charge is -2.05. The summed E-state index contributed by atoms with van der Waals surface area (Å²) in [5, 5.41) is 0.550. The van der Waals surface area contributed by atoms with E-state index in [0.717, 1.165) is 11.1 Å². The summed E-state index contributed by atoms with van der Waals surface area (Å²) in [5.41, 5.74) is 7.64. The molecule has 0 amide bonds. The molecule has 2 nitrogen and oxygen atoms in total. The third-order valence-corrected chi connectivity index (χ3v) is 1.96. The molecular formula is C8H11ClN2. The minimum atomic E-state index is 0.0264. The van der Waals surface area contributed by atoms with Crippen LogP contribution < -0.4 is 5.73 Å². The molecule has 0 unspecified atom stereocenters. The van der Waals surface area contributed by atoms with Gasteiger partial charge in [-0.15, -0.1) is 0 Å². The van der Waals surface area contributed by atoms with E-state index in [2.05, 4.69) is 4.98 Å². The molecule has 0 radical (unpaired) electrons. The Balaban J connectivity index is 3.05. The number of hydrogen-bond donors (Lipinski definition) is 1. The van der Waals surface area contributed by atoms with Crippen molar-refractivity contribution in [1.82, 2.24) is 4.98 Å². The van der Waals surface area contributed by atoms with E-state index in [1.165, 1.54) is 0 Å². The van der Waals surface area contributed by atoms with Crippen LogP contribution in [0.15, 0.2) is 12.3 Å². The van der Waals surface area contributed by atoms with Crippen molar-refractivity contribution in [3.05, 3.63) is 28.5 Å². The van der Waals surface area contributed by atoms with Gasteiger partial charge in [-0.1, -0.05) is 11.6 Å². The molecule has 0 bridgehead atoms. The minimum Gasteiger partial charge on any atom is -0.324 e. The van der Waals surface area contributed by atoms with Crippen LogP contribution in [0.4, 0.5) is 0 Å². The first-order valence-corrected chi connectivity index (χ1v) is 3.86. The Morgan fingerprint density at radius 2 is 2.27 bits per heavy atom. The molecule has 3 heteroatoms. The van der Waals surface area contributed by atoms with E-state index in [1.807, 2.05) is 19.9 Å². The van der Waals surface area contributed by atoms with E-state index >= 15 is 0 Å². The van der Waals surface area contributed by atoms with Crippen LogP contribution in [-0.2, 0) is 0 Å². The van der Waals surface area contributed by atoms with E-state index in [1.54, 1.807) is 6.20 Å². The van der Waals surface area contributed by atoms with Crippen molar-refractivity contribution in [2.45, 2.75) is 19.9 Å². The smallest absolute Gasteiger partial charge is 0.131 e. The van der Waals surface area contributed by atoms with Gasteiger partial charge < -0.3 is 5.73 Å². The fraction of sp³-hybridized carbons (Fsp3) is 0.375. The van der Waals surface area contributed by atoms with Crippen molar-refractivity contribution in [3.63, 3.8) is 0 Å². The molecule has 0 fully saturated rings. The highest BCUT2D eigenvalue weighted by atomic mass is 35.5. The average molecular weight is 171 g/mol. The normalized spacial score (nSPS) is 13.1. The number of nitrogens with two attached hydrogens (primary N) is 1. The summed E-state index contributed by atoms with van der Waals surface area (Å²) in [5.74, 6) is 0. The van der Waals surface area contributed by atoms with E-state index in [9.17, 15) is 0 Å². The van der Waals surface area contributed by atoms with Crippen LogP contribution in [0.1, 0.15) is 24.1 Å². The minimum absolute atomic E-state index is 0.0264. The summed E-state index contributed by atoms with van der Waals surface area (Å²) < 4.78 is 0. The predicted octanol–water partition coefficient (Wildman–Crippen LogP) is 2.06. The van der Waals surface area contributed by atoms with Gasteiger partial charge in [-0.3, -0.25) is 0 Å². The number of rotatable bonds is 1. The molecule has 0 aliphatic heterocycles. The van der Waals surface area contributed by atoms with Gasteiger partial charge in [-0.05, 0) is 31.0 Å². The van der Waals surface area contributed by atoms with Crippen LogP contribution in [0.2, 0.25) is 5.15 Å². The van der Waals surface area contributed by atoms with Crippen molar-refractivity contribution in [1.29, 1.82) is 0 Å². The van der Waals surface area contributed by atoms with E-state index < -0.39 is 0 Å². The Labute approximate surface area is 71.4 Å². The van der Waals surface area contributed by atoms with E-state index in [-0.39, 0.29) is 6.04 Å². The Morgan fingerprint density at radius 1 is 1.64 bits per heavy atom. The van der Waals surface area contributed by atoms with Crippen molar-refractivity contribution in [3.8, 4) is 0 Å². The Morgan fingerprint density at radius 3 is 2.73 bits per heavy atom. The maximum atomic E-state index is 5.73. The molecule has 60 valence electrons. The van der Waals surface area contributed by atoms with Gasteiger partial charge in [-0.25, -0.2) is 4.98 Å². The highest BCUT2D eigenvalue weighted by molar-refractivity contribution is 6.30. The molecule has 2 N–H and O–H groups in total. The van der Waals surface area contributed by atoms with E-state index in [0.29, 0.717) is 5.15 Å². The lowest BCUT2D eigenvalue weighted by atomic mass is 10.1. The van der Waals surface area contributed by atoms with Gasteiger partial charge in [0.15, 0.2) is 0 Å². The molecule has 0 aliphatic carbocycles. The van der Waals surface area contributed by atoms with Gasteiger partial charge >= 0.3 is 0 Å². The average Bonchev–Trinajstić information content (AvgIpc) is 1.94. The van der Waals surface area contributed by atoms with Crippen molar-refractivity contribution in [2.24, 2.45) is 5.73 Å². The van der Waals surface area contributed by atoms with E-state index in [4.69, 9.17) is 17.3 Å². The number of pyridine rings is 1. The summed E-state index contributed by atoms with van der Waals surface area (Å²) in [4.78, 5) is 3.99. The first-order chi connectivity index (χ1) is 5.11. The second kappa shape index (κ2) is 3.20. The van der Waals surface area contributed by atoms with Gasteiger partial charge in [0.2, 0.25) is 0 Å². The van der Waals surface area contributed by atoms with Crippen LogP contribution in [0.3, 0.4) is 0 Å². The summed E-state index contributed by atoms with van der Waals surface area (Å²) >= 11 is 5.73. The molecule has 11 heavy (non-hydrogen) atoms. The fourth-order valence-electron chi connectivity index (χ4n) is 0.829. The largest absolute Gasteiger partial charge is 0.324 e. The summed E-state index contributed by atoms with van der Waals surface area (Å²) in [7, 11) is 0. The van der Waals surface area contributed by atoms with Crippen molar-refractivity contribution >= 4 is 11.6 Å². The highest BCUT2D eigenvalue weighted by Crippen LogP contribution is 2.15. The second-order valence-corrected chi connectivity index (χ2v) is 3.02. The third kappa shape index (κ3) is 1.91. The highest BCUT2D eigenvalue weighted by Gasteiger charge is 2.01. The molecule has 0 saturated carbocycles. The standard InChI is InChI=1S/C8H11ClN2/c1-5-3-7(6(2)10)4-11-8(5)9/h3-4,6H,10H2,1-2H3/t6-/m0/s1. The molecule has 1 rings (SSSR count). The maximum absolute atomic E-state index is 5.73. The fourth-order valence-corrected chi connectivity index (χ4v) is 0.932. The zero-order valence-corrected chi connectivity index (χ0v) is 7.39. The van der Waals surface area contributed by atoms with Gasteiger partial charge in [0.05, 0.1) is 0 Å². The van der Waals surface area contributed by atoms with Crippen molar-refractivity contribution in [2.75, 3.05) is 0 Å². The third-order valence-electron chi connectivity index (χ3n) is 1.56. The summed E-state index contributed by atoms with van der Waals surface area (Å²) in [6.07, 6.45) is 1.71. The molecule has 0 saturated heterocycles. The SMILES string of the molecule is Cc1cc([C@H](C)N)cnc1Cl. The monoisotopic (exact) mass is 170 g/mol. The Bertz CT molecular complexity index is 258. The molecule has 0 spiro atoms. The van der Waals surface area contributed by atoms with Crippen molar-refractivity contribution < 1.29 is 0 Å². The molecule has 1 aromatic heterocycles. The first kappa shape index (κ1) is 8.50. The molecule has 1 heterocycles. The van der Waals surface area contributed by atoms with Crippen LogP contribution in [0.25, 0.3) is 0 Å². The first-order valence-electron chi connectivity index (χ1n) is 3.49. The van der Waals surface area contributed by atoms with Gasteiger partial charge in [0, 0.05) is 12.2 Å². The lowest BCUT2D eigenvalue weighted by Crippen LogP contribution is -2.05. The van der Waals surface area contributed by atoms with Crippen LogP contribution >= 0.6 is 11.6 Å². The van der Waals surface area contributed by atoms with Crippen LogP contribution in [0, 0.1) is 6.92 Å². The number of halogens is 1. The number of nitrogens with zero attached hydrogens (tertiary/aromatic N) is 1. The number of aromatic nitrogens is 1. The topological polar surface area (TPSA) is 38.9 Å². The van der Waals surface area contributed by atoms with Gasteiger partial charge in [0.25, 0.3) is 0 Å². The molecule has 1 aromatic rings. The Kier molecular flexibility index (Phi) is 2.47. The zero-order valence-electron chi connectivity index (χ0n) is 6.63. The van der Waals surface area contributed by atoms with Crippen LogP contribution in [0.5, 0.6) is 0 Å². The Hall–Kier alpha value is -0.600. The second-order valence-electron chi connectivity index (χ2n) is 2.67. The quantitative estimate of drug-likeness (QED) is 0.656. The molecule has 0 aromatic carbocycles. The maximum Gasteiger partial charge on any atom is 0.131 e. The molecule has 1 atom stereocenters. The predicted molar refractivity (Wildman–Crippen MR) is 46.6 cm³/mol. The van der Waals surface area contributed by atoms with Gasteiger partial charge in [-0.2, -0.15) is 0 Å². The van der Waals surface area contributed by atoms with Crippen LogP contribution in [-0.4, -0.2) is 4.98 Å². The summed E-state index contributed by atoms with van der Waals surface area (Å²) in [6, 6.07) is 1.98. The molecular weight excluding hydrogens is 160 g/mol. The number of hydrogen-bond acceptors (Lipinski definition) is 2. The zero-order chi connectivity index (χ0) is 8.43. The lowest BCUT2D eigenvalue weighted by molar-refractivity contribution is 0.810. The number of aryl methyl sites for hydroxylation is 1. The summed E-state index contributed by atoms with van der Waals surface area (Å²) in [6.45, 7) is 3.84. The molecule has 0 aliphatic rings. The van der Waals surface area contributed by atoms with Gasteiger partial charge in [0.1, 0.15) is 5.15 Å².